The minimum atomic E-state index is -0.200. The Labute approximate surface area is 187 Å². The Morgan fingerprint density at radius 1 is 1.03 bits per heavy atom. The lowest BCUT2D eigenvalue weighted by molar-refractivity contribution is -0.131. The maximum atomic E-state index is 13.2. The third-order valence-corrected chi connectivity index (χ3v) is 5.49. The van der Waals surface area contributed by atoms with Crippen LogP contribution >= 0.6 is 0 Å². The molecule has 162 valence electrons. The standard InChI is InChI=1S/C26H25N3O3/c1-18(30)21-9-6-10-22(15-21)27-17-26(31)29-25(20-11-13-23(32-2)14-12-20)16-24(28-29)19-7-4-3-5-8-19/h3-15,25,27H,16-17H2,1-2H3/t25-/m1/s1. The van der Waals surface area contributed by atoms with E-state index in [1.807, 2.05) is 60.7 Å². The van der Waals surface area contributed by atoms with Crippen LogP contribution in [0.4, 0.5) is 5.69 Å². The van der Waals surface area contributed by atoms with Crippen molar-refractivity contribution in [2.75, 3.05) is 19.0 Å². The van der Waals surface area contributed by atoms with Crippen LogP contribution in [0.5, 0.6) is 5.75 Å². The smallest absolute Gasteiger partial charge is 0.262 e. The second kappa shape index (κ2) is 9.47. The van der Waals surface area contributed by atoms with Crippen LogP contribution in [0.2, 0.25) is 0 Å². The first-order valence-corrected chi connectivity index (χ1v) is 10.5. The van der Waals surface area contributed by atoms with Gasteiger partial charge in [0.25, 0.3) is 5.91 Å². The summed E-state index contributed by atoms with van der Waals surface area (Å²) >= 11 is 0. The number of hydrogen-bond acceptors (Lipinski definition) is 5. The number of anilines is 1. The molecule has 0 saturated carbocycles. The molecule has 3 aromatic carbocycles. The molecule has 0 aliphatic carbocycles. The van der Waals surface area contributed by atoms with Crippen LogP contribution in [0.15, 0.2) is 84.0 Å². The largest absolute Gasteiger partial charge is 0.497 e. The summed E-state index contributed by atoms with van der Waals surface area (Å²) in [4.78, 5) is 24.8. The van der Waals surface area contributed by atoms with Crippen LogP contribution in [-0.2, 0) is 4.79 Å². The number of carbonyl (C=O) groups excluding carboxylic acids is 2. The van der Waals surface area contributed by atoms with Crippen molar-refractivity contribution in [1.82, 2.24) is 5.01 Å². The summed E-state index contributed by atoms with van der Waals surface area (Å²) in [6.07, 6.45) is 0.627. The Kier molecular flexibility index (Phi) is 6.31. The highest BCUT2D eigenvalue weighted by Crippen LogP contribution is 2.33. The lowest BCUT2D eigenvalue weighted by atomic mass is 9.98. The molecule has 32 heavy (non-hydrogen) atoms. The van der Waals surface area contributed by atoms with Crippen LogP contribution in [0.1, 0.15) is 40.9 Å². The number of ketones is 1. The Bertz CT molecular complexity index is 1140. The van der Waals surface area contributed by atoms with Gasteiger partial charge in [-0.2, -0.15) is 5.10 Å². The predicted molar refractivity (Wildman–Crippen MR) is 125 cm³/mol. The molecule has 4 rings (SSSR count). The Balaban J connectivity index is 1.56. The molecule has 0 unspecified atom stereocenters. The number of nitrogens with one attached hydrogen (secondary N) is 1. The summed E-state index contributed by atoms with van der Waals surface area (Å²) < 4.78 is 5.27. The number of ether oxygens (including phenoxy) is 1. The molecule has 0 aromatic heterocycles. The second-order valence-electron chi connectivity index (χ2n) is 7.63. The zero-order valence-corrected chi connectivity index (χ0v) is 18.1. The molecular weight excluding hydrogens is 402 g/mol. The van der Waals surface area contributed by atoms with Gasteiger partial charge in [-0.15, -0.1) is 0 Å². The minimum Gasteiger partial charge on any atom is -0.497 e. The van der Waals surface area contributed by atoms with Gasteiger partial charge >= 0.3 is 0 Å². The molecule has 3 aromatic rings. The van der Waals surface area contributed by atoms with Gasteiger partial charge in [0, 0.05) is 17.7 Å². The van der Waals surface area contributed by atoms with Crippen LogP contribution in [0.25, 0.3) is 0 Å². The monoisotopic (exact) mass is 427 g/mol. The highest BCUT2D eigenvalue weighted by molar-refractivity contribution is 6.03. The first-order valence-electron chi connectivity index (χ1n) is 10.5. The number of hydrazone groups is 1. The van der Waals surface area contributed by atoms with Gasteiger partial charge in [-0.25, -0.2) is 5.01 Å². The van der Waals surface area contributed by atoms with Gasteiger partial charge in [-0.05, 0) is 42.3 Å². The Morgan fingerprint density at radius 2 is 1.78 bits per heavy atom. The summed E-state index contributed by atoms with van der Waals surface area (Å²) in [6.45, 7) is 1.59. The zero-order chi connectivity index (χ0) is 22.5. The van der Waals surface area contributed by atoms with Crippen molar-refractivity contribution in [3.63, 3.8) is 0 Å². The van der Waals surface area contributed by atoms with E-state index in [9.17, 15) is 9.59 Å². The van der Waals surface area contributed by atoms with E-state index in [0.29, 0.717) is 12.0 Å². The van der Waals surface area contributed by atoms with E-state index in [1.165, 1.54) is 6.92 Å². The third kappa shape index (κ3) is 4.70. The number of carbonyl (C=O) groups is 2. The fraction of sp³-hybridized carbons (Fsp3) is 0.192. The minimum absolute atomic E-state index is 0.0174. The van der Waals surface area contributed by atoms with Crippen molar-refractivity contribution in [1.29, 1.82) is 0 Å². The highest BCUT2D eigenvalue weighted by Gasteiger charge is 2.32. The summed E-state index contributed by atoms with van der Waals surface area (Å²) in [5.74, 6) is 0.599. The van der Waals surface area contributed by atoms with Crippen molar-refractivity contribution in [3.8, 4) is 5.75 Å². The van der Waals surface area contributed by atoms with Gasteiger partial charge < -0.3 is 10.1 Å². The number of rotatable bonds is 7. The predicted octanol–water partition coefficient (Wildman–Crippen LogP) is 4.69. The molecule has 6 nitrogen and oxygen atoms in total. The van der Waals surface area contributed by atoms with E-state index in [1.54, 1.807) is 30.3 Å². The van der Waals surface area contributed by atoms with Crippen molar-refractivity contribution >= 4 is 23.1 Å². The molecule has 1 aliphatic heterocycles. The molecule has 1 N–H and O–H groups in total. The van der Waals surface area contributed by atoms with E-state index < -0.39 is 0 Å². The van der Waals surface area contributed by atoms with Gasteiger partial charge in [0.1, 0.15) is 5.75 Å². The molecule has 0 saturated heterocycles. The molecular formula is C26H25N3O3. The van der Waals surface area contributed by atoms with Gasteiger partial charge in [-0.1, -0.05) is 54.6 Å². The van der Waals surface area contributed by atoms with Crippen LogP contribution in [0, 0.1) is 0 Å². The average Bonchev–Trinajstić information content (AvgIpc) is 3.29. The zero-order valence-electron chi connectivity index (χ0n) is 18.1. The summed E-state index contributed by atoms with van der Waals surface area (Å²) in [5, 5.41) is 9.38. The third-order valence-electron chi connectivity index (χ3n) is 5.49. The fourth-order valence-electron chi connectivity index (χ4n) is 3.74. The number of methoxy groups -OCH3 is 1. The van der Waals surface area contributed by atoms with Crippen LogP contribution in [0.3, 0.4) is 0 Å². The quantitative estimate of drug-likeness (QED) is 0.556. The molecule has 0 radical (unpaired) electrons. The lowest BCUT2D eigenvalue weighted by Crippen LogP contribution is -2.32. The molecule has 6 heteroatoms. The number of benzene rings is 3. The average molecular weight is 428 g/mol. The molecule has 1 aliphatic rings. The number of Topliss-reactive ketones (excluding diaryl/α,β-unsaturated/α-hetero) is 1. The first kappa shape index (κ1) is 21.3. The molecule has 1 heterocycles. The summed E-state index contributed by atoms with van der Waals surface area (Å²) in [7, 11) is 1.63. The van der Waals surface area contributed by atoms with Crippen molar-refractivity contribution in [2.45, 2.75) is 19.4 Å². The van der Waals surface area contributed by atoms with Crippen molar-refractivity contribution in [2.24, 2.45) is 5.10 Å². The SMILES string of the molecule is COc1ccc([C@H]2CC(c3ccccc3)=NN2C(=O)CNc2cccc(C(C)=O)c2)cc1. The lowest BCUT2D eigenvalue weighted by Gasteiger charge is -2.22. The number of amides is 1. The maximum absolute atomic E-state index is 13.2. The van der Waals surface area contributed by atoms with Crippen LogP contribution < -0.4 is 10.1 Å². The molecule has 0 fully saturated rings. The molecule has 1 atom stereocenters. The van der Waals surface area contributed by atoms with Gasteiger partial charge in [0.15, 0.2) is 5.78 Å². The summed E-state index contributed by atoms with van der Waals surface area (Å²) in [5.41, 5.74) is 4.19. The van der Waals surface area contributed by atoms with Crippen LogP contribution in [-0.4, -0.2) is 36.1 Å². The normalized spacial score (nSPS) is 15.2. The molecule has 1 amide bonds. The summed E-state index contributed by atoms with van der Waals surface area (Å²) in [6, 6.07) is 24.6. The van der Waals surface area contributed by atoms with Gasteiger partial charge in [0.2, 0.25) is 0 Å². The maximum Gasteiger partial charge on any atom is 0.262 e. The number of nitrogens with zero attached hydrogens (tertiary/aromatic N) is 2. The van der Waals surface area contributed by atoms with Crippen molar-refractivity contribution < 1.29 is 14.3 Å². The van der Waals surface area contributed by atoms with E-state index in [-0.39, 0.29) is 24.3 Å². The molecule has 0 spiro atoms. The Morgan fingerprint density at radius 3 is 2.47 bits per heavy atom. The van der Waals surface area contributed by atoms with Gasteiger partial charge in [-0.3, -0.25) is 9.59 Å². The number of hydrogen-bond donors (Lipinski definition) is 1. The van der Waals surface area contributed by atoms with E-state index in [4.69, 9.17) is 9.84 Å². The van der Waals surface area contributed by atoms with Crippen molar-refractivity contribution in [3.05, 3.63) is 95.6 Å². The van der Waals surface area contributed by atoms with Gasteiger partial charge in [0.05, 0.1) is 25.4 Å². The molecule has 0 bridgehead atoms. The van der Waals surface area contributed by atoms with E-state index in [2.05, 4.69) is 5.32 Å². The Hall–Kier alpha value is -3.93. The van der Waals surface area contributed by atoms with E-state index in [0.717, 1.165) is 28.3 Å². The van der Waals surface area contributed by atoms with E-state index >= 15 is 0 Å². The second-order valence-corrected chi connectivity index (χ2v) is 7.63. The first-order chi connectivity index (χ1) is 15.5. The fourth-order valence-corrected chi connectivity index (χ4v) is 3.74. The highest BCUT2D eigenvalue weighted by atomic mass is 16.5. The topological polar surface area (TPSA) is 71.0 Å².